The van der Waals surface area contributed by atoms with E-state index in [4.69, 9.17) is 21.5 Å². The standard InChI is InChI=1S/C21H33N7O/c1-13-26-19(8-20(27-13)28-6-5-14(11-28)12-29)21(24)17-7-15(3-4-18(17)23)16(9-22)10-25-2/h3,7,9-10,13-14,16,18-19,22,24,26,29H,4-6,8,11-12,23H2,1-2H3. The summed E-state index contributed by atoms with van der Waals surface area (Å²) in [5, 5.41) is 29.4. The molecule has 1 saturated heterocycles. The van der Waals surface area contributed by atoms with Crippen LogP contribution in [0.15, 0.2) is 33.3 Å². The van der Waals surface area contributed by atoms with E-state index in [9.17, 15) is 5.11 Å². The molecule has 29 heavy (non-hydrogen) atoms. The lowest BCUT2D eigenvalue weighted by molar-refractivity contribution is 0.232. The van der Waals surface area contributed by atoms with Gasteiger partial charge >= 0.3 is 0 Å². The SMILES string of the molecule is CN=CC(C=N)C1=CCC(N)C(C(=N)C2CC(N3CCC(CO)C3)=NC(C)N2)=C1. The molecule has 0 bridgehead atoms. The molecule has 0 radical (unpaired) electrons. The molecular weight excluding hydrogens is 366 g/mol. The van der Waals surface area contributed by atoms with Crippen molar-refractivity contribution in [2.24, 2.45) is 27.6 Å². The van der Waals surface area contributed by atoms with Crippen molar-refractivity contribution in [3.8, 4) is 0 Å². The summed E-state index contributed by atoms with van der Waals surface area (Å²) in [7, 11) is 1.70. The Hall–Kier alpha value is -2.16. The Labute approximate surface area is 172 Å². The molecule has 1 aliphatic carbocycles. The van der Waals surface area contributed by atoms with E-state index < -0.39 is 0 Å². The second kappa shape index (κ2) is 9.56. The van der Waals surface area contributed by atoms with E-state index in [0.717, 1.165) is 36.5 Å². The third-order valence-corrected chi connectivity index (χ3v) is 5.94. The molecule has 0 aromatic heterocycles. The lowest BCUT2D eigenvalue weighted by atomic mass is 9.84. The van der Waals surface area contributed by atoms with Crippen molar-refractivity contribution in [1.82, 2.24) is 10.2 Å². The highest BCUT2D eigenvalue weighted by Gasteiger charge is 2.33. The monoisotopic (exact) mass is 399 g/mol. The summed E-state index contributed by atoms with van der Waals surface area (Å²) in [4.78, 5) is 11.1. The van der Waals surface area contributed by atoms with Crippen LogP contribution in [0.4, 0.5) is 0 Å². The average molecular weight is 400 g/mol. The van der Waals surface area contributed by atoms with Crippen LogP contribution in [-0.2, 0) is 0 Å². The van der Waals surface area contributed by atoms with Gasteiger partial charge in [0, 0.05) is 57.6 Å². The lowest BCUT2D eigenvalue weighted by Gasteiger charge is -2.34. The maximum atomic E-state index is 9.44. The van der Waals surface area contributed by atoms with Crippen LogP contribution in [0, 0.1) is 22.7 Å². The highest BCUT2D eigenvalue weighted by atomic mass is 16.3. The van der Waals surface area contributed by atoms with Crippen molar-refractivity contribution in [3.63, 3.8) is 0 Å². The number of amidine groups is 1. The normalized spacial score (nSPS) is 31.3. The van der Waals surface area contributed by atoms with Crippen LogP contribution in [-0.4, -0.2) is 79.0 Å². The molecule has 0 aromatic carbocycles. The number of likely N-dealkylation sites (tertiary alicyclic amines) is 1. The molecule has 3 aliphatic rings. The third-order valence-electron chi connectivity index (χ3n) is 5.94. The first-order valence-electron chi connectivity index (χ1n) is 10.3. The number of nitrogens with two attached hydrogens (primary N) is 1. The molecule has 0 spiro atoms. The maximum absolute atomic E-state index is 9.44. The highest BCUT2D eigenvalue weighted by Crippen LogP contribution is 2.26. The fourth-order valence-electron chi connectivity index (χ4n) is 4.29. The predicted octanol–water partition coefficient (Wildman–Crippen LogP) is 0.977. The van der Waals surface area contributed by atoms with Gasteiger partial charge in [-0.3, -0.25) is 15.3 Å². The smallest absolute Gasteiger partial charge is 0.103 e. The Bertz CT molecular complexity index is 754. The third kappa shape index (κ3) is 4.88. The van der Waals surface area contributed by atoms with Crippen LogP contribution in [0.2, 0.25) is 0 Å². The fraction of sp³-hybridized carbons (Fsp3) is 0.619. The number of hydrogen-bond acceptors (Lipinski definition) is 8. The first-order valence-corrected chi connectivity index (χ1v) is 10.3. The van der Waals surface area contributed by atoms with E-state index in [-0.39, 0.29) is 30.8 Å². The van der Waals surface area contributed by atoms with E-state index >= 15 is 0 Å². The highest BCUT2D eigenvalue weighted by molar-refractivity contribution is 6.06. The molecule has 3 rings (SSSR count). The molecule has 5 atom stereocenters. The largest absolute Gasteiger partial charge is 0.396 e. The van der Waals surface area contributed by atoms with E-state index in [1.807, 2.05) is 19.1 Å². The van der Waals surface area contributed by atoms with Gasteiger partial charge in [-0.1, -0.05) is 12.2 Å². The van der Waals surface area contributed by atoms with Crippen molar-refractivity contribution in [2.75, 3.05) is 26.7 Å². The van der Waals surface area contributed by atoms with Gasteiger partial charge in [0.2, 0.25) is 0 Å². The van der Waals surface area contributed by atoms with Crippen LogP contribution in [0.5, 0.6) is 0 Å². The van der Waals surface area contributed by atoms with E-state index in [1.54, 1.807) is 13.3 Å². The number of allylic oxidation sites excluding steroid dienone is 2. The predicted molar refractivity (Wildman–Crippen MR) is 118 cm³/mol. The van der Waals surface area contributed by atoms with Gasteiger partial charge in [0.25, 0.3) is 0 Å². The van der Waals surface area contributed by atoms with Crippen LogP contribution in [0.25, 0.3) is 0 Å². The molecule has 8 nitrogen and oxygen atoms in total. The minimum absolute atomic E-state index is 0.0748. The summed E-state index contributed by atoms with van der Waals surface area (Å²) in [6.45, 7) is 3.95. The Morgan fingerprint density at radius 2 is 2.34 bits per heavy atom. The first kappa shape index (κ1) is 21.5. The van der Waals surface area contributed by atoms with Crippen molar-refractivity contribution in [3.05, 3.63) is 23.3 Å². The van der Waals surface area contributed by atoms with Gasteiger partial charge in [0.05, 0.1) is 23.8 Å². The molecule has 1 fully saturated rings. The van der Waals surface area contributed by atoms with Gasteiger partial charge in [0.15, 0.2) is 0 Å². The van der Waals surface area contributed by atoms with Crippen LogP contribution < -0.4 is 11.1 Å². The van der Waals surface area contributed by atoms with E-state index in [0.29, 0.717) is 24.5 Å². The molecule has 2 heterocycles. The number of aliphatic imine (C=N–C) groups is 2. The van der Waals surface area contributed by atoms with Crippen molar-refractivity contribution < 1.29 is 5.11 Å². The quantitative estimate of drug-likeness (QED) is 0.426. The number of hydrogen-bond donors (Lipinski definition) is 5. The number of aliphatic hydroxyl groups is 1. The molecule has 8 heteroatoms. The summed E-state index contributed by atoms with van der Waals surface area (Å²) < 4.78 is 0. The maximum Gasteiger partial charge on any atom is 0.103 e. The summed E-state index contributed by atoms with van der Waals surface area (Å²) in [5.74, 6) is 1.13. The van der Waals surface area contributed by atoms with Crippen molar-refractivity contribution >= 4 is 24.0 Å². The fourth-order valence-corrected chi connectivity index (χ4v) is 4.29. The van der Waals surface area contributed by atoms with Crippen molar-refractivity contribution in [2.45, 2.75) is 44.4 Å². The zero-order valence-corrected chi connectivity index (χ0v) is 17.3. The molecule has 0 amide bonds. The molecule has 0 aromatic rings. The second-order valence-corrected chi connectivity index (χ2v) is 8.09. The topological polar surface area (TPSA) is 134 Å². The Morgan fingerprint density at radius 1 is 1.55 bits per heavy atom. The van der Waals surface area contributed by atoms with Gasteiger partial charge < -0.3 is 26.6 Å². The zero-order chi connectivity index (χ0) is 21.0. The van der Waals surface area contributed by atoms with Crippen molar-refractivity contribution in [1.29, 1.82) is 10.8 Å². The molecule has 0 saturated carbocycles. The van der Waals surface area contributed by atoms with E-state index in [2.05, 4.69) is 15.2 Å². The summed E-state index contributed by atoms with van der Waals surface area (Å²) in [6.07, 6.45) is 9.31. The van der Waals surface area contributed by atoms with Gasteiger partial charge in [-0.25, -0.2) is 0 Å². The van der Waals surface area contributed by atoms with Crippen LogP contribution >= 0.6 is 0 Å². The van der Waals surface area contributed by atoms with Gasteiger partial charge in [-0.2, -0.15) is 0 Å². The summed E-state index contributed by atoms with van der Waals surface area (Å²) >= 11 is 0. The van der Waals surface area contributed by atoms with Gasteiger partial charge in [-0.05, 0) is 30.9 Å². The molecular formula is C21H33N7O. The number of rotatable bonds is 6. The van der Waals surface area contributed by atoms with E-state index in [1.165, 1.54) is 6.21 Å². The Kier molecular flexibility index (Phi) is 7.10. The van der Waals surface area contributed by atoms with Crippen LogP contribution in [0.1, 0.15) is 26.2 Å². The lowest BCUT2D eigenvalue weighted by Crippen LogP contribution is -2.51. The first-order chi connectivity index (χ1) is 14.0. The number of aliphatic hydroxyl groups excluding tert-OH is 1. The Balaban J connectivity index is 1.76. The summed E-state index contributed by atoms with van der Waals surface area (Å²) in [5.41, 5.74) is 8.64. The Morgan fingerprint density at radius 3 is 3.00 bits per heavy atom. The average Bonchev–Trinajstić information content (AvgIpc) is 3.21. The zero-order valence-electron chi connectivity index (χ0n) is 17.3. The molecule has 158 valence electrons. The molecule has 6 N–H and O–H groups in total. The molecule has 2 aliphatic heterocycles. The minimum atomic E-state index is -0.221. The number of nitrogens with one attached hydrogen (secondary N) is 3. The second-order valence-electron chi connectivity index (χ2n) is 8.09. The van der Waals surface area contributed by atoms with Gasteiger partial charge in [-0.15, -0.1) is 0 Å². The van der Waals surface area contributed by atoms with Gasteiger partial charge in [0.1, 0.15) is 5.84 Å². The minimum Gasteiger partial charge on any atom is -0.396 e. The molecule has 5 unspecified atom stereocenters. The summed E-state index contributed by atoms with van der Waals surface area (Å²) in [6, 6.07) is -0.373. The van der Waals surface area contributed by atoms with Crippen LogP contribution in [0.3, 0.4) is 0 Å². The number of nitrogens with zero attached hydrogens (tertiary/aromatic N) is 3.